The predicted molar refractivity (Wildman–Crippen MR) is 74.8 cm³/mol. The molecule has 2 atom stereocenters. The summed E-state index contributed by atoms with van der Waals surface area (Å²) in [5.41, 5.74) is 6.87. The molecule has 2 unspecified atom stereocenters. The molecule has 0 amide bonds. The van der Waals surface area contributed by atoms with E-state index in [9.17, 15) is 4.39 Å². The molecule has 20 heavy (non-hydrogen) atoms. The van der Waals surface area contributed by atoms with Crippen LogP contribution in [-0.4, -0.2) is 25.4 Å². The fraction of sp³-hybridized carbons (Fsp3) is 0.625. The third-order valence-electron chi connectivity index (χ3n) is 4.71. The van der Waals surface area contributed by atoms with Crippen molar-refractivity contribution in [1.82, 2.24) is 0 Å². The number of rotatable bonds is 2. The van der Waals surface area contributed by atoms with Gasteiger partial charge >= 0.3 is 0 Å². The molecule has 1 aromatic carbocycles. The molecule has 2 aliphatic rings. The van der Waals surface area contributed by atoms with Crippen molar-refractivity contribution in [2.24, 2.45) is 11.7 Å². The Morgan fingerprint density at radius 1 is 1.20 bits per heavy atom. The first kappa shape index (κ1) is 14.0. The van der Waals surface area contributed by atoms with Crippen LogP contribution in [0.1, 0.15) is 37.3 Å². The van der Waals surface area contributed by atoms with Gasteiger partial charge in [0, 0.05) is 31.4 Å². The van der Waals surface area contributed by atoms with Crippen LogP contribution in [0.4, 0.5) is 4.39 Å². The quantitative estimate of drug-likeness (QED) is 0.905. The zero-order valence-corrected chi connectivity index (χ0v) is 11.7. The average molecular weight is 279 g/mol. The summed E-state index contributed by atoms with van der Waals surface area (Å²) < 4.78 is 25.3. The number of hydrogen-bond acceptors (Lipinski definition) is 3. The first-order valence-corrected chi connectivity index (χ1v) is 7.42. The molecule has 0 bridgehead atoms. The smallest absolute Gasteiger partial charge is 0.127 e. The third kappa shape index (κ3) is 2.73. The van der Waals surface area contributed by atoms with E-state index in [2.05, 4.69) is 0 Å². The highest BCUT2D eigenvalue weighted by Crippen LogP contribution is 2.41. The van der Waals surface area contributed by atoms with Gasteiger partial charge in [-0.1, -0.05) is 18.2 Å². The van der Waals surface area contributed by atoms with Crippen LogP contribution in [0.2, 0.25) is 0 Å². The van der Waals surface area contributed by atoms with Gasteiger partial charge < -0.3 is 15.2 Å². The molecule has 3 nitrogen and oxygen atoms in total. The molecule has 0 radical (unpaired) electrons. The lowest BCUT2D eigenvalue weighted by atomic mass is 9.76. The minimum Gasteiger partial charge on any atom is -0.381 e. The van der Waals surface area contributed by atoms with Crippen molar-refractivity contribution < 1.29 is 13.9 Å². The van der Waals surface area contributed by atoms with Crippen LogP contribution in [-0.2, 0) is 9.47 Å². The van der Waals surface area contributed by atoms with Gasteiger partial charge in [-0.2, -0.15) is 0 Å². The molecule has 0 saturated carbocycles. The Bertz CT molecular complexity index is 454. The molecule has 0 aromatic heterocycles. The van der Waals surface area contributed by atoms with E-state index < -0.39 is 0 Å². The van der Waals surface area contributed by atoms with E-state index in [1.54, 1.807) is 12.1 Å². The Morgan fingerprint density at radius 2 is 1.95 bits per heavy atom. The first-order valence-electron chi connectivity index (χ1n) is 7.42. The molecule has 2 aliphatic heterocycles. The van der Waals surface area contributed by atoms with Crippen LogP contribution in [0.25, 0.3) is 0 Å². The topological polar surface area (TPSA) is 44.5 Å². The molecule has 2 N–H and O–H groups in total. The summed E-state index contributed by atoms with van der Waals surface area (Å²) in [4.78, 5) is 0. The molecule has 4 heteroatoms. The van der Waals surface area contributed by atoms with Gasteiger partial charge in [-0.25, -0.2) is 4.39 Å². The van der Waals surface area contributed by atoms with Crippen LogP contribution >= 0.6 is 0 Å². The molecule has 2 heterocycles. The predicted octanol–water partition coefficient (Wildman–Crippen LogP) is 2.80. The second-order valence-electron chi connectivity index (χ2n) is 5.94. The zero-order valence-electron chi connectivity index (χ0n) is 11.7. The Morgan fingerprint density at radius 3 is 2.70 bits per heavy atom. The number of halogens is 1. The maximum Gasteiger partial charge on any atom is 0.127 e. The molecule has 2 saturated heterocycles. The van der Waals surface area contributed by atoms with Gasteiger partial charge in [-0.15, -0.1) is 0 Å². The molecule has 1 aromatic rings. The second-order valence-corrected chi connectivity index (χ2v) is 5.94. The molecular weight excluding hydrogens is 257 g/mol. The average Bonchev–Trinajstić information content (AvgIpc) is 2.48. The van der Waals surface area contributed by atoms with E-state index in [-0.39, 0.29) is 23.4 Å². The van der Waals surface area contributed by atoms with Gasteiger partial charge in [-0.05, 0) is 37.7 Å². The lowest BCUT2D eigenvalue weighted by Crippen LogP contribution is -2.46. The Balaban J connectivity index is 1.75. The van der Waals surface area contributed by atoms with Gasteiger partial charge in [0.15, 0.2) is 0 Å². The molecular formula is C16H22FNO2. The number of ether oxygens (including phenoxy) is 2. The monoisotopic (exact) mass is 279 g/mol. The molecule has 110 valence electrons. The molecule has 2 fully saturated rings. The maximum absolute atomic E-state index is 13.9. The lowest BCUT2D eigenvalue weighted by Gasteiger charge is -2.44. The summed E-state index contributed by atoms with van der Waals surface area (Å²) in [6, 6.07) is 6.59. The van der Waals surface area contributed by atoms with Crippen molar-refractivity contribution in [2.45, 2.75) is 37.3 Å². The summed E-state index contributed by atoms with van der Waals surface area (Å²) in [6.45, 7) is 2.22. The molecule has 0 aliphatic carbocycles. The number of benzene rings is 1. The lowest BCUT2D eigenvalue weighted by molar-refractivity contribution is -0.149. The minimum atomic E-state index is -0.250. The van der Waals surface area contributed by atoms with Crippen molar-refractivity contribution >= 4 is 0 Å². The van der Waals surface area contributed by atoms with Crippen LogP contribution in [0.15, 0.2) is 24.3 Å². The van der Waals surface area contributed by atoms with E-state index in [1.807, 2.05) is 6.07 Å². The molecule has 1 spiro atoms. The largest absolute Gasteiger partial charge is 0.381 e. The van der Waals surface area contributed by atoms with Gasteiger partial charge in [0.05, 0.1) is 5.60 Å². The van der Waals surface area contributed by atoms with Crippen LogP contribution < -0.4 is 5.73 Å². The van der Waals surface area contributed by atoms with E-state index >= 15 is 0 Å². The van der Waals surface area contributed by atoms with Crippen molar-refractivity contribution in [3.8, 4) is 0 Å². The molecule has 3 rings (SSSR count). The second kappa shape index (κ2) is 5.80. The van der Waals surface area contributed by atoms with Crippen LogP contribution in [0, 0.1) is 11.7 Å². The summed E-state index contributed by atoms with van der Waals surface area (Å²) in [5.74, 6) is 0.0752. The fourth-order valence-corrected chi connectivity index (χ4v) is 3.46. The number of nitrogens with two attached hydrogens (primary N) is 1. The van der Waals surface area contributed by atoms with Gasteiger partial charge in [0.1, 0.15) is 5.82 Å². The van der Waals surface area contributed by atoms with Crippen molar-refractivity contribution in [1.29, 1.82) is 0 Å². The summed E-state index contributed by atoms with van der Waals surface area (Å²) >= 11 is 0. The fourth-order valence-electron chi connectivity index (χ4n) is 3.46. The van der Waals surface area contributed by atoms with Crippen LogP contribution in [0.5, 0.6) is 0 Å². The first-order chi connectivity index (χ1) is 9.70. The Hall–Kier alpha value is -0.970. The third-order valence-corrected chi connectivity index (χ3v) is 4.71. The Labute approximate surface area is 119 Å². The van der Waals surface area contributed by atoms with Crippen LogP contribution in [0.3, 0.4) is 0 Å². The van der Waals surface area contributed by atoms with Gasteiger partial charge in [0.2, 0.25) is 0 Å². The number of hydrogen-bond donors (Lipinski definition) is 1. The SMILES string of the molecule is NC(c1ccccc1F)C1CCOC2(CCOCC2)C1. The van der Waals surface area contributed by atoms with E-state index in [0.717, 1.165) is 38.9 Å². The van der Waals surface area contributed by atoms with Crippen molar-refractivity contribution in [3.05, 3.63) is 35.6 Å². The Kier molecular flexibility index (Phi) is 4.06. The minimum absolute atomic E-state index is 0.0932. The van der Waals surface area contributed by atoms with Crippen molar-refractivity contribution in [3.63, 3.8) is 0 Å². The van der Waals surface area contributed by atoms with Crippen molar-refractivity contribution in [2.75, 3.05) is 19.8 Å². The summed E-state index contributed by atoms with van der Waals surface area (Å²) in [5, 5.41) is 0. The van der Waals surface area contributed by atoms with Gasteiger partial charge in [-0.3, -0.25) is 0 Å². The maximum atomic E-state index is 13.9. The highest BCUT2D eigenvalue weighted by atomic mass is 19.1. The zero-order chi connectivity index (χ0) is 14.0. The summed E-state index contributed by atoms with van der Waals surface area (Å²) in [7, 11) is 0. The normalized spacial score (nSPS) is 27.4. The van der Waals surface area contributed by atoms with E-state index in [4.69, 9.17) is 15.2 Å². The summed E-state index contributed by atoms with van der Waals surface area (Å²) in [6.07, 6.45) is 3.66. The van der Waals surface area contributed by atoms with E-state index in [1.165, 1.54) is 6.07 Å². The standard InChI is InChI=1S/C16H22FNO2/c17-14-4-2-1-3-13(14)15(18)12-5-8-20-16(11-12)6-9-19-10-7-16/h1-4,12,15H,5-11,18H2. The van der Waals surface area contributed by atoms with E-state index in [0.29, 0.717) is 12.2 Å². The highest BCUT2D eigenvalue weighted by molar-refractivity contribution is 5.22. The highest BCUT2D eigenvalue weighted by Gasteiger charge is 2.41. The van der Waals surface area contributed by atoms with Gasteiger partial charge in [0.25, 0.3) is 0 Å².